The molecule has 7 nitrogen and oxygen atoms in total. The molecule has 2 aromatic rings. The van der Waals surface area contributed by atoms with Gasteiger partial charge in [0.15, 0.2) is 11.5 Å². The molecule has 0 amide bonds. The van der Waals surface area contributed by atoms with Crippen molar-refractivity contribution in [1.82, 2.24) is 9.97 Å². The number of phenols is 1. The van der Waals surface area contributed by atoms with Crippen molar-refractivity contribution in [2.45, 2.75) is 6.54 Å². The van der Waals surface area contributed by atoms with Gasteiger partial charge in [0.1, 0.15) is 6.54 Å². The van der Waals surface area contributed by atoms with Crippen LogP contribution in [0.25, 0.3) is 0 Å². The molecule has 24 heavy (non-hydrogen) atoms. The summed E-state index contributed by atoms with van der Waals surface area (Å²) in [6.07, 6.45) is 3.55. The number of aromatic hydroxyl groups is 1. The maximum Gasteiger partial charge on any atom is 0.225 e. The van der Waals surface area contributed by atoms with Crippen LogP contribution in [0.3, 0.4) is 0 Å². The highest BCUT2D eigenvalue weighted by molar-refractivity contribution is 5.52. The van der Waals surface area contributed by atoms with Crippen LogP contribution < -0.4 is 19.3 Å². The van der Waals surface area contributed by atoms with E-state index in [4.69, 9.17) is 9.47 Å². The van der Waals surface area contributed by atoms with Crippen LogP contribution in [-0.2, 0) is 6.54 Å². The maximum absolute atomic E-state index is 10.0. The molecule has 1 aromatic heterocycles. The third-order valence-corrected chi connectivity index (χ3v) is 4.30. The van der Waals surface area contributed by atoms with Crippen LogP contribution in [-0.4, -0.2) is 55.5 Å². The van der Waals surface area contributed by atoms with Crippen molar-refractivity contribution in [3.63, 3.8) is 0 Å². The van der Waals surface area contributed by atoms with Gasteiger partial charge in [0.05, 0.1) is 40.4 Å². The molecule has 0 radical (unpaired) electrons. The number of anilines is 1. The third kappa shape index (κ3) is 3.51. The van der Waals surface area contributed by atoms with Gasteiger partial charge in [0.2, 0.25) is 11.7 Å². The van der Waals surface area contributed by atoms with Gasteiger partial charge in [-0.15, -0.1) is 0 Å². The molecule has 2 heterocycles. The molecule has 1 fully saturated rings. The van der Waals surface area contributed by atoms with E-state index >= 15 is 0 Å². The number of aromatic nitrogens is 2. The molecule has 0 unspecified atom stereocenters. The van der Waals surface area contributed by atoms with E-state index in [0.717, 1.165) is 44.2 Å². The minimum absolute atomic E-state index is 0.0461. The van der Waals surface area contributed by atoms with E-state index in [9.17, 15) is 5.11 Å². The zero-order valence-electron chi connectivity index (χ0n) is 14.0. The standard InChI is InChI=1S/C17H22N4O3/c1-23-14-10-13(11-15(24-2)16(14)22)12-20-6-8-21(9-7-20)17-18-4-3-5-19-17/h3-5,10-11,22H,6-9,12H2,1-2H3/p+1. The van der Waals surface area contributed by atoms with Gasteiger partial charge in [-0.05, 0) is 18.2 Å². The van der Waals surface area contributed by atoms with Crippen molar-refractivity contribution in [3.05, 3.63) is 36.2 Å². The molecule has 0 bridgehead atoms. The number of hydrogen-bond acceptors (Lipinski definition) is 6. The number of nitrogens with one attached hydrogen (secondary N) is 1. The fourth-order valence-electron chi connectivity index (χ4n) is 2.99. The smallest absolute Gasteiger partial charge is 0.225 e. The summed E-state index contributed by atoms with van der Waals surface area (Å²) in [5, 5.41) is 10.0. The Labute approximate surface area is 141 Å². The molecular formula is C17H23N4O3+. The topological polar surface area (TPSA) is 72.2 Å². The number of rotatable bonds is 5. The molecule has 0 atom stereocenters. The van der Waals surface area contributed by atoms with Gasteiger partial charge in [-0.3, -0.25) is 0 Å². The first-order valence-electron chi connectivity index (χ1n) is 8.00. The molecule has 7 heteroatoms. The number of ether oxygens (including phenoxy) is 2. The predicted octanol–water partition coefficient (Wildman–Crippen LogP) is 0.105. The summed E-state index contributed by atoms with van der Waals surface area (Å²) >= 11 is 0. The number of methoxy groups -OCH3 is 2. The maximum atomic E-state index is 10.0. The van der Waals surface area contributed by atoms with E-state index < -0.39 is 0 Å². The summed E-state index contributed by atoms with van der Waals surface area (Å²) in [5.74, 6) is 1.73. The summed E-state index contributed by atoms with van der Waals surface area (Å²) in [6.45, 7) is 4.71. The molecule has 1 aliphatic rings. The molecule has 128 valence electrons. The third-order valence-electron chi connectivity index (χ3n) is 4.30. The monoisotopic (exact) mass is 331 g/mol. The number of phenolic OH excluding ortho intramolecular Hbond substituents is 1. The van der Waals surface area contributed by atoms with Crippen molar-refractivity contribution in [2.75, 3.05) is 45.3 Å². The lowest BCUT2D eigenvalue weighted by Crippen LogP contribution is -3.13. The average molecular weight is 331 g/mol. The van der Waals surface area contributed by atoms with Crippen LogP contribution >= 0.6 is 0 Å². The van der Waals surface area contributed by atoms with Gasteiger partial charge in [-0.2, -0.15) is 0 Å². The zero-order valence-corrected chi connectivity index (χ0v) is 14.0. The van der Waals surface area contributed by atoms with Crippen LogP contribution in [0.15, 0.2) is 30.6 Å². The van der Waals surface area contributed by atoms with Crippen LogP contribution in [0.4, 0.5) is 5.95 Å². The Morgan fingerprint density at radius 2 is 1.67 bits per heavy atom. The lowest BCUT2D eigenvalue weighted by molar-refractivity contribution is -0.914. The average Bonchev–Trinajstić information content (AvgIpc) is 2.64. The number of quaternary nitrogens is 1. The molecule has 1 aromatic carbocycles. The van der Waals surface area contributed by atoms with E-state index in [1.807, 2.05) is 18.2 Å². The van der Waals surface area contributed by atoms with Crippen LogP contribution in [0.2, 0.25) is 0 Å². The summed E-state index contributed by atoms with van der Waals surface area (Å²) in [7, 11) is 3.09. The first-order valence-corrected chi connectivity index (χ1v) is 8.00. The Bertz CT molecular complexity index is 648. The fourth-order valence-corrected chi connectivity index (χ4v) is 2.99. The normalized spacial score (nSPS) is 15.3. The first kappa shape index (κ1) is 16.3. The van der Waals surface area contributed by atoms with Gasteiger partial charge < -0.3 is 24.4 Å². The highest BCUT2D eigenvalue weighted by atomic mass is 16.5. The minimum Gasteiger partial charge on any atom is -0.502 e. The Balaban J connectivity index is 1.64. The summed E-state index contributed by atoms with van der Waals surface area (Å²) in [4.78, 5) is 12.3. The highest BCUT2D eigenvalue weighted by Gasteiger charge is 2.22. The van der Waals surface area contributed by atoms with E-state index in [1.54, 1.807) is 26.6 Å². The van der Waals surface area contributed by atoms with Crippen molar-refractivity contribution in [3.8, 4) is 17.2 Å². The lowest BCUT2D eigenvalue weighted by Gasteiger charge is -2.32. The molecule has 2 N–H and O–H groups in total. The minimum atomic E-state index is 0.0461. The quantitative estimate of drug-likeness (QED) is 0.810. The van der Waals surface area contributed by atoms with Gasteiger partial charge in [0, 0.05) is 18.0 Å². The molecule has 0 saturated carbocycles. The van der Waals surface area contributed by atoms with Gasteiger partial charge in [-0.25, -0.2) is 9.97 Å². The summed E-state index contributed by atoms with van der Waals surface area (Å²) in [5.41, 5.74) is 1.08. The van der Waals surface area contributed by atoms with E-state index in [1.165, 1.54) is 4.90 Å². The Morgan fingerprint density at radius 1 is 1.08 bits per heavy atom. The van der Waals surface area contributed by atoms with Crippen molar-refractivity contribution in [2.24, 2.45) is 0 Å². The Morgan fingerprint density at radius 3 is 2.21 bits per heavy atom. The van der Waals surface area contributed by atoms with E-state index in [0.29, 0.717) is 11.5 Å². The van der Waals surface area contributed by atoms with Crippen LogP contribution in [0, 0.1) is 0 Å². The van der Waals surface area contributed by atoms with Crippen LogP contribution in [0.5, 0.6) is 17.2 Å². The second-order valence-corrected chi connectivity index (χ2v) is 5.81. The Hall–Kier alpha value is -2.54. The van der Waals surface area contributed by atoms with Crippen LogP contribution in [0.1, 0.15) is 5.56 Å². The molecule has 3 rings (SSSR count). The molecule has 0 aliphatic carbocycles. The number of hydrogen-bond donors (Lipinski definition) is 2. The summed E-state index contributed by atoms with van der Waals surface area (Å²) < 4.78 is 10.5. The molecule has 1 saturated heterocycles. The van der Waals surface area contributed by atoms with Crippen molar-refractivity contribution < 1.29 is 19.5 Å². The lowest BCUT2D eigenvalue weighted by atomic mass is 10.1. The van der Waals surface area contributed by atoms with Gasteiger partial charge in [0.25, 0.3) is 0 Å². The second-order valence-electron chi connectivity index (χ2n) is 5.81. The van der Waals surface area contributed by atoms with E-state index in [2.05, 4.69) is 14.9 Å². The molecular weight excluding hydrogens is 308 g/mol. The zero-order chi connectivity index (χ0) is 16.9. The van der Waals surface area contributed by atoms with E-state index in [-0.39, 0.29) is 5.75 Å². The highest BCUT2D eigenvalue weighted by Crippen LogP contribution is 2.36. The predicted molar refractivity (Wildman–Crippen MR) is 89.9 cm³/mol. The molecule has 1 aliphatic heterocycles. The second kappa shape index (κ2) is 7.35. The van der Waals surface area contributed by atoms with Crippen molar-refractivity contribution >= 4 is 5.95 Å². The SMILES string of the molecule is COc1cc(C[NH+]2CCN(c3ncccn3)CC2)cc(OC)c1O. The molecule has 0 spiro atoms. The number of nitrogens with zero attached hydrogens (tertiary/aromatic N) is 3. The summed E-state index contributed by atoms with van der Waals surface area (Å²) in [6, 6.07) is 5.58. The number of piperazine rings is 1. The largest absolute Gasteiger partial charge is 0.502 e. The van der Waals surface area contributed by atoms with Gasteiger partial charge in [-0.1, -0.05) is 0 Å². The Kier molecular flexibility index (Phi) is 5.00. The fraction of sp³-hybridized carbons (Fsp3) is 0.412. The first-order chi connectivity index (χ1) is 11.7. The number of benzene rings is 1. The van der Waals surface area contributed by atoms with Gasteiger partial charge >= 0.3 is 0 Å². The van der Waals surface area contributed by atoms with Crippen molar-refractivity contribution in [1.29, 1.82) is 0 Å².